The van der Waals surface area contributed by atoms with Crippen molar-refractivity contribution in [1.82, 2.24) is 4.90 Å². The highest BCUT2D eigenvalue weighted by atomic mass is 35.5. The van der Waals surface area contributed by atoms with E-state index in [2.05, 4.69) is 0 Å². The van der Waals surface area contributed by atoms with Crippen LogP contribution in [0.2, 0.25) is 0 Å². The molecule has 1 aliphatic rings. The summed E-state index contributed by atoms with van der Waals surface area (Å²) in [4.78, 5) is 13.9. The Morgan fingerprint density at radius 3 is 2.67 bits per heavy atom. The van der Waals surface area contributed by atoms with E-state index < -0.39 is 0 Å². The number of benzene rings is 1. The van der Waals surface area contributed by atoms with E-state index in [9.17, 15) is 15.0 Å². The molecule has 1 aromatic carbocycles. The molecule has 5 nitrogen and oxygen atoms in total. The molecule has 1 unspecified atom stereocenters. The number of alkyl halides is 1. The van der Waals surface area contributed by atoms with Crippen LogP contribution in [0.3, 0.4) is 0 Å². The number of ether oxygens (including phenoxy) is 1. The Balaban J connectivity index is 2.23. The molecule has 0 radical (unpaired) electrons. The van der Waals surface area contributed by atoms with E-state index in [1.54, 1.807) is 4.90 Å². The first-order valence-corrected chi connectivity index (χ1v) is 6.13. The number of morpholine rings is 1. The SMILES string of the molecule is O=C(c1cc(O)cc(O)c1)N1CCOCC1CCl. The molecule has 1 aromatic rings. The summed E-state index contributed by atoms with van der Waals surface area (Å²) in [5.41, 5.74) is 0.240. The number of carbonyl (C=O) groups is 1. The molecule has 1 fully saturated rings. The summed E-state index contributed by atoms with van der Waals surface area (Å²) in [5, 5.41) is 18.8. The topological polar surface area (TPSA) is 70.0 Å². The van der Waals surface area contributed by atoms with Crippen LogP contribution in [0.25, 0.3) is 0 Å². The van der Waals surface area contributed by atoms with Crippen molar-refractivity contribution in [2.75, 3.05) is 25.6 Å². The molecule has 2 N–H and O–H groups in total. The Morgan fingerprint density at radius 1 is 1.39 bits per heavy atom. The number of halogens is 1. The second kappa shape index (κ2) is 5.46. The van der Waals surface area contributed by atoms with Crippen molar-refractivity contribution in [1.29, 1.82) is 0 Å². The van der Waals surface area contributed by atoms with Crippen LogP contribution < -0.4 is 0 Å². The van der Waals surface area contributed by atoms with Crippen LogP contribution >= 0.6 is 11.6 Å². The number of rotatable bonds is 2. The van der Waals surface area contributed by atoms with Crippen LogP contribution in [0.4, 0.5) is 0 Å². The van der Waals surface area contributed by atoms with Gasteiger partial charge in [0.25, 0.3) is 5.91 Å². The van der Waals surface area contributed by atoms with E-state index in [4.69, 9.17) is 16.3 Å². The van der Waals surface area contributed by atoms with Gasteiger partial charge >= 0.3 is 0 Å². The Hall–Kier alpha value is -1.46. The molecule has 6 heteroatoms. The lowest BCUT2D eigenvalue weighted by molar-refractivity contribution is 0.00453. The van der Waals surface area contributed by atoms with Crippen molar-refractivity contribution in [2.45, 2.75) is 6.04 Å². The molecule has 0 aliphatic carbocycles. The van der Waals surface area contributed by atoms with E-state index in [1.165, 1.54) is 18.2 Å². The van der Waals surface area contributed by atoms with Crippen LogP contribution in [-0.2, 0) is 4.74 Å². The first kappa shape index (κ1) is 13.0. The van der Waals surface area contributed by atoms with Gasteiger partial charge < -0.3 is 19.8 Å². The summed E-state index contributed by atoms with van der Waals surface area (Å²) in [7, 11) is 0. The van der Waals surface area contributed by atoms with Gasteiger partial charge in [-0.05, 0) is 12.1 Å². The maximum absolute atomic E-state index is 12.3. The fraction of sp³-hybridized carbons (Fsp3) is 0.417. The van der Waals surface area contributed by atoms with Gasteiger partial charge in [-0.25, -0.2) is 0 Å². The van der Waals surface area contributed by atoms with Crippen molar-refractivity contribution in [3.05, 3.63) is 23.8 Å². The average Bonchev–Trinajstić information content (AvgIpc) is 2.36. The summed E-state index contributed by atoms with van der Waals surface area (Å²) in [6.45, 7) is 1.32. The fourth-order valence-corrected chi connectivity index (χ4v) is 2.19. The quantitative estimate of drug-likeness (QED) is 0.793. The number of hydrogen-bond acceptors (Lipinski definition) is 4. The second-order valence-electron chi connectivity index (χ2n) is 4.12. The van der Waals surface area contributed by atoms with Crippen LogP contribution in [-0.4, -0.2) is 52.7 Å². The van der Waals surface area contributed by atoms with Gasteiger partial charge in [0.15, 0.2) is 0 Å². The van der Waals surface area contributed by atoms with Gasteiger partial charge in [0.2, 0.25) is 0 Å². The maximum Gasteiger partial charge on any atom is 0.254 e. The minimum absolute atomic E-state index is 0.144. The molecule has 1 saturated heterocycles. The highest BCUT2D eigenvalue weighted by Crippen LogP contribution is 2.23. The molecule has 2 rings (SSSR count). The van der Waals surface area contributed by atoms with Crippen molar-refractivity contribution >= 4 is 17.5 Å². The number of nitrogens with zero attached hydrogens (tertiary/aromatic N) is 1. The molecule has 18 heavy (non-hydrogen) atoms. The van der Waals surface area contributed by atoms with E-state index in [0.717, 1.165) is 0 Å². The Morgan fingerprint density at radius 2 is 2.06 bits per heavy atom. The molecular formula is C12H14ClNO4. The van der Waals surface area contributed by atoms with Gasteiger partial charge in [-0.3, -0.25) is 4.79 Å². The summed E-state index contributed by atoms with van der Waals surface area (Å²) in [5.74, 6) is -0.269. The number of hydrogen-bond donors (Lipinski definition) is 2. The van der Waals surface area contributed by atoms with Crippen molar-refractivity contribution in [3.63, 3.8) is 0 Å². The Labute approximate surface area is 110 Å². The molecule has 1 amide bonds. The van der Waals surface area contributed by atoms with Crippen molar-refractivity contribution < 1.29 is 19.7 Å². The number of amides is 1. The van der Waals surface area contributed by atoms with E-state index >= 15 is 0 Å². The lowest BCUT2D eigenvalue weighted by atomic mass is 10.1. The highest BCUT2D eigenvalue weighted by Gasteiger charge is 2.27. The molecule has 1 atom stereocenters. The second-order valence-corrected chi connectivity index (χ2v) is 4.43. The Kier molecular flexibility index (Phi) is 3.93. The van der Waals surface area contributed by atoms with E-state index in [0.29, 0.717) is 19.8 Å². The third kappa shape index (κ3) is 2.68. The van der Waals surface area contributed by atoms with Crippen LogP contribution in [0.5, 0.6) is 11.5 Å². The molecule has 0 aromatic heterocycles. The van der Waals surface area contributed by atoms with Crippen LogP contribution in [0.15, 0.2) is 18.2 Å². The summed E-state index contributed by atoms with van der Waals surface area (Å²) in [6, 6.07) is 3.64. The molecule has 98 valence electrons. The molecule has 0 saturated carbocycles. The maximum atomic E-state index is 12.3. The third-order valence-electron chi connectivity index (χ3n) is 2.82. The van der Waals surface area contributed by atoms with Gasteiger partial charge in [0.05, 0.1) is 19.3 Å². The first-order chi connectivity index (χ1) is 8.61. The predicted octanol–water partition coefficient (Wildman–Crippen LogP) is 1.18. The zero-order valence-corrected chi connectivity index (χ0v) is 10.4. The average molecular weight is 272 g/mol. The van der Waals surface area contributed by atoms with Crippen molar-refractivity contribution in [2.24, 2.45) is 0 Å². The number of phenolic OH excluding ortho intramolecular Hbond substituents is 2. The van der Waals surface area contributed by atoms with Gasteiger partial charge in [0, 0.05) is 24.1 Å². The van der Waals surface area contributed by atoms with Crippen molar-refractivity contribution in [3.8, 4) is 11.5 Å². The lowest BCUT2D eigenvalue weighted by Gasteiger charge is -2.34. The monoisotopic (exact) mass is 271 g/mol. The lowest BCUT2D eigenvalue weighted by Crippen LogP contribution is -2.49. The zero-order chi connectivity index (χ0) is 13.1. The molecule has 0 bridgehead atoms. The number of phenols is 2. The normalized spacial score (nSPS) is 19.8. The Bertz CT molecular complexity index is 431. The molecule has 0 spiro atoms. The number of carbonyl (C=O) groups excluding carboxylic acids is 1. The minimum Gasteiger partial charge on any atom is -0.508 e. The molecule has 1 heterocycles. The summed E-state index contributed by atoms with van der Waals surface area (Å²) < 4.78 is 5.26. The van der Waals surface area contributed by atoms with E-state index in [1.807, 2.05) is 0 Å². The third-order valence-corrected chi connectivity index (χ3v) is 3.17. The summed E-state index contributed by atoms with van der Waals surface area (Å²) >= 11 is 5.80. The largest absolute Gasteiger partial charge is 0.508 e. The van der Waals surface area contributed by atoms with E-state index in [-0.39, 0.29) is 34.9 Å². The van der Waals surface area contributed by atoms with Crippen LogP contribution in [0.1, 0.15) is 10.4 Å². The summed E-state index contributed by atoms with van der Waals surface area (Å²) in [6.07, 6.45) is 0. The minimum atomic E-state index is -0.268. The standard InChI is InChI=1S/C12H14ClNO4/c13-6-9-7-18-2-1-14(9)12(17)8-3-10(15)5-11(16)4-8/h3-5,9,15-16H,1-2,6-7H2. The van der Waals surface area contributed by atoms with Gasteiger partial charge in [-0.15, -0.1) is 11.6 Å². The first-order valence-electron chi connectivity index (χ1n) is 5.59. The van der Waals surface area contributed by atoms with Crippen LogP contribution in [0, 0.1) is 0 Å². The molecule has 1 aliphatic heterocycles. The zero-order valence-electron chi connectivity index (χ0n) is 9.67. The van der Waals surface area contributed by atoms with Gasteiger partial charge in [0.1, 0.15) is 11.5 Å². The fourth-order valence-electron chi connectivity index (χ4n) is 1.93. The highest BCUT2D eigenvalue weighted by molar-refractivity contribution is 6.18. The molecular weight excluding hydrogens is 258 g/mol. The number of aromatic hydroxyl groups is 2. The van der Waals surface area contributed by atoms with Gasteiger partial charge in [-0.2, -0.15) is 0 Å². The predicted molar refractivity (Wildman–Crippen MR) is 66.1 cm³/mol. The smallest absolute Gasteiger partial charge is 0.254 e. The van der Waals surface area contributed by atoms with Gasteiger partial charge in [-0.1, -0.05) is 0 Å².